The van der Waals surface area contributed by atoms with Crippen LogP contribution in [0.1, 0.15) is 38.3 Å². The summed E-state index contributed by atoms with van der Waals surface area (Å²) in [5, 5.41) is 14.9. The van der Waals surface area contributed by atoms with Crippen molar-refractivity contribution in [2.45, 2.75) is 38.8 Å². The molecule has 2 aliphatic rings. The van der Waals surface area contributed by atoms with E-state index < -0.39 is 0 Å². The summed E-state index contributed by atoms with van der Waals surface area (Å²) in [5.41, 5.74) is 2.12. The molecule has 2 aromatic carbocycles. The average Bonchev–Trinajstić information content (AvgIpc) is 3.23. The minimum Gasteiger partial charge on any atom is -0.395 e. The molecule has 0 saturated carbocycles. The van der Waals surface area contributed by atoms with Gasteiger partial charge in [-0.3, -0.25) is 4.90 Å². The molecule has 0 unspecified atom stereocenters. The molecule has 0 aliphatic carbocycles. The topological polar surface area (TPSA) is 51.6 Å². The number of nitrogens with one attached hydrogen (secondary N) is 1. The molecular weight excluding hydrogens is 506 g/mol. The molecule has 0 radical (unpaired) electrons. The van der Waals surface area contributed by atoms with Gasteiger partial charge in [-0.2, -0.15) is 0 Å². The van der Waals surface area contributed by atoms with Crippen molar-refractivity contribution in [2.24, 2.45) is 11.8 Å². The Balaban J connectivity index is 1.30. The van der Waals surface area contributed by atoms with Gasteiger partial charge in [0.2, 0.25) is 0 Å². The normalized spacial score (nSPS) is 21.2. The molecule has 5 nitrogen and oxygen atoms in total. The molecular formula is C26H31Cl2FN4OS. The number of aromatic nitrogens is 1. The minimum absolute atomic E-state index is 0.200. The highest BCUT2D eigenvalue weighted by atomic mass is 35.5. The standard InChI is InChI=1S/C26H31Cl2FN4OS/c1-15(14-34)32-9-3-4-17(11-32)18-12-33(13-18)26-31-23-8-7-22(29)24(25(23)35-26)30-16(2)20-6-5-19(27)10-21(20)28/h5-8,10,15-18,30,34H,3-4,9,11-14H2,1-2H3/t15-,16-,17+/m1/s1. The van der Waals surface area contributed by atoms with Crippen molar-refractivity contribution in [3.63, 3.8) is 0 Å². The largest absolute Gasteiger partial charge is 0.395 e. The third-order valence-electron chi connectivity index (χ3n) is 7.51. The summed E-state index contributed by atoms with van der Waals surface area (Å²) >= 11 is 14.0. The lowest BCUT2D eigenvalue weighted by molar-refractivity contribution is 0.0638. The Morgan fingerprint density at radius 2 is 1.97 bits per heavy atom. The number of anilines is 2. The molecule has 1 aromatic heterocycles. The van der Waals surface area contributed by atoms with Crippen LogP contribution in [0.25, 0.3) is 10.2 Å². The maximum Gasteiger partial charge on any atom is 0.186 e. The van der Waals surface area contributed by atoms with E-state index in [2.05, 4.69) is 22.0 Å². The van der Waals surface area contributed by atoms with E-state index in [4.69, 9.17) is 28.2 Å². The van der Waals surface area contributed by atoms with Crippen LogP contribution in [0.15, 0.2) is 30.3 Å². The lowest BCUT2D eigenvalue weighted by Crippen LogP contribution is -2.54. The molecule has 3 atom stereocenters. The van der Waals surface area contributed by atoms with E-state index in [0.717, 1.165) is 47.1 Å². The summed E-state index contributed by atoms with van der Waals surface area (Å²) in [6.07, 6.45) is 2.44. The number of nitrogens with zero attached hydrogens (tertiary/aromatic N) is 3. The van der Waals surface area contributed by atoms with E-state index in [1.54, 1.807) is 18.2 Å². The number of hydrogen-bond acceptors (Lipinski definition) is 6. The van der Waals surface area contributed by atoms with E-state index in [1.165, 1.54) is 30.2 Å². The van der Waals surface area contributed by atoms with Gasteiger partial charge in [-0.25, -0.2) is 9.37 Å². The van der Waals surface area contributed by atoms with Crippen LogP contribution in [0.2, 0.25) is 10.0 Å². The molecule has 3 aromatic rings. The van der Waals surface area contributed by atoms with Gasteiger partial charge in [-0.15, -0.1) is 0 Å². The highest BCUT2D eigenvalue weighted by molar-refractivity contribution is 7.22. The molecule has 3 heterocycles. The summed E-state index contributed by atoms with van der Waals surface area (Å²) in [4.78, 5) is 9.56. The molecule has 2 saturated heterocycles. The third kappa shape index (κ3) is 5.12. The number of fused-ring (bicyclic) bond motifs is 1. The van der Waals surface area contributed by atoms with Crippen LogP contribution < -0.4 is 10.2 Å². The summed E-state index contributed by atoms with van der Waals surface area (Å²) in [7, 11) is 0. The van der Waals surface area contributed by atoms with Gasteiger partial charge in [-0.05, 0) is 74.9 Å². The number of rotatable bonds is 7. The molecule has 0 spiro atoms. The fourth-order valence-electron chi connectivity index (χ4n) is 5.28. The van der Waals surface area contributed by atoms with Gasteiger partial charge in [-0.1, -0.05) is 40.6 Å². The lowest BCUT2D eigenvalue weighted by atomic mass is 9.80. The van der Waals surface area contributed by atoms with Crippen molar-refractivity contribution >= 4 is 55.6 Å². The predicted octanol–water partition coefficient (Wildman–Crippen LogP) is 6.44. The first-order valence-electron chi connectivity index (χ1n) is 12.2. The van der Waals surface area contributed by atoms with Crippen molar-refractivity contribution < 1.29 is 9.50 Å². The Labute approximate surface area is 219 Å². The average molecular weight is 538 g/mol. The number of thiazole rings is 1. The molecule has 188 valence electrons. The predicted molar refractivity (Wildman–Crippen MR) is 145 cm³/mol. The monoisotopic (exact) mass is 536 g/mol. The molecule has 2 N–H and O–H groups in total. The quantitative estimate of drug-likeness (QED) is 0.363. The van der Waals surface area contributed by atoms with Gasteiger partial charge in [0.15, 0.2) is 5.13 Å². The van der Waals surface area contributed by atoms with E-state index in [0.29, 0.717) is 27.6 Å². The molecule has 9 heteroatoms. The first-order chi connectivity index (χ1) is 16.8. The zero-order valence-electron chi connectivity index (χ0n) is 20.0. The maximum absolute atomic E-state index is 14.9. The Morgan fingerprint density at radius 3 is 2.71 bits per heavy atom. The molecule has 2 fully saturated rings. The van der Waals surface area contributed by atoms with E-state index >= 15 is 0 Å². The SMILES string of the molecule is C[C@H](CO)N1CCC[C@H](C2CN(c3nc4ccc(F)c(N[C@H](C)c5ccc(Cl)cc5Cl)c4s3)C2)C1. The highest BCUT2D eigenvalue weighted by Crippen LogP contribution is 2.41. The Bertz CT molecular complexity index is 1200. The van der Waals surface area contributed by atoms with Crippen LogP contribution in [0.5, 0.6) is 0 Å². The zero-order valence-corrected chi connectivity index (χ0v) is 22.3. The fourth-order valence-corrected chi connectivity index (χ4v) is 6.93. The lowest BCUT2D eigenvalue weighted by Gasteiger charge is -2.47. The smallest absolute Gasteiger partial charge is 0.186 e. The van der Waals surface area contributed by atoms with Gasteiger partial charge in [0.1, 0.15) is 5.82 Å². The summed E-state index contributed by atoms with van der Waals surface area (Å²) in [5.74, 6) is 0.992. The number of aliphatic hydroxyl groups excluding tert-OH is 1. The third-order valence-corrected chi connectivity index (χ3v) is 9.22. The van der Waals surface area contributed by atoms with Gasteiger partial charge in [0.05, 0.1) is 28.6 Å². The van der Waals surface area contributed by atoms with E-state index in [1.807, 2.05) is 13.0 Å². The second-order valence-corrected chi connectivity index (χ2v) is 11.7. The molecule has 2 aliphatic heterocycles. The van der Waals surface area contributed by atoms with Crippen LogP contribution in [-0.4, -0.2) is 53.8 Å². The summed E-state index contributed by atoms with van der Waals surface area (Å²) < 4.78 is 15.7. The number of benzene rings is 2. The first kappa shape index (κ1) is 25.0. The second kappa shape index (κ2) is 10.4. The van der Waals surface area contributed by atoms with E-state index in [-0.39, 0.29) is 24.5 Å². The minimum atomic E-state index is -0.300. The molecule has 0 amide bonds. The van der Waals surface area contributed by atoms with Crippen LogP contribution in [0.3, 0.4) is 0 Å². The van der Waals surface area contributed by atoms with Crippen molar-refractivity contribution in [2.75, 3.05) is 43.0 Å². The Morgan fingerprint density at radius 1 is 1.17 bits per heavy atom. The number of hydrogen-bond donors (Lipinski definition) is 2. The van der Waals surface area contributed by atoms with Crippen LogP contribution in [0.4, 0.5) is 15.2 Å². The van der Waals surface area contributed by atoms with Gasteiger partial charge in [0, 0.05) is 35.7 Å². The van der Waals surface area contributed by atoms with Crippen LogP contribution >= 0.6 is 34.5 Å². The molecule has 5 rings (SSSR count). The first-order valence-corrected chi connectivity index (χ1v) is 13.8. The van der Waals surface area contributed by atoms with Gasteiger partial charge in [0.25, 0.3) is 0 Å². The number of halogens is 3. The Hall–Kier alpha value is -1.64. The van der Waals surface area contributed by atoms with Crippen molar-refractivity contribution in [3.8, 4) is 0 Å². The van der Waals surface area contributed by atoms with Crippen molar-refractivity contribution in [1.29, 1.82) is 0 Å². The Kier molecular flexibility index (Phi) is 7.43. The highest BCUT2D eigenvalue weighted by Gasteiger charge is 2.37. The number of likely N-dealkylation sites (tertiary alicyclic amines) is 1. The molecule has 0 bridgehead atoms. The van der Waals surface area contributed by atoms with Crippen LogP contribution in [0, 0.1) is 17.7 Å². The van der Waals surface area contributed by atoms with Crippen LogP contribution in [-0.2, 0) is 0 Å². The number of aliphatic hydroxyl groups is 1. The van der Waals surface area contributed by atoms with Crippen molar-refractivity contribution in [3.05, 3.63) is 51.8 Å². The fraction of sp³-hybridized carbons (Fsp3) is 0.500. The number of piperidine rings is 1. The van der Waals surface area contributed by atoms with Crippen molar-refractivity contribution in [1.82, 2.24) is 9.88 Å². The van der Waals surface area contributed by atoms with Gasteiger partial charge < -0.3 is 15.3 Å². The molecule has 35 heavy (non-hydrogen) atoms. The maximum atomic E-state index is 14.9. The second-order valence-electron chi connectivity index (χ2n) is 9.89. The van der Waals surface area contributed by atoms with E-state index in [9.17, 15) is 9.50 Å². The van der Waals surface area contributed by atoms with Gasteiger partial charge >= 0.3 is 0 Å². The summed E-state index contributed by atoms with van der Waals surface area (Å²) in [6.45, 7) is 8.37. The zero-order chi connectivity index (χ0) is 24.7. The summed E-state index contributed by atoms with van der Waals surface area (Å²) in [6, 6.07) is 8.61.